The van der Waals surface area contributed by atoms with Gasteiger partial charge in [0.1, 0.15) is 60.1 Å². The Morgan fingerprint density at radius 2 is 1.34 bits per heavy atom. The zero-order valence-corrected chi connectivity index (χ0v) is 83.7. The summed E-state index contributed by atoms with van der Waals surface area (Å²) in [7, 11) is 6.13. The molecular weight excluding hydrogens is 1980 g/mol. The molecule has 17 atom stereocenters. The predicted molar refractivity (Wildman–Crippen MR) is 536 cm³/mol. The molecule has 3 fully saturated rings. The highest BCUT2D eigenvalue weighted by Gasteiger charge is 2.78. The molecule has 3 aromatic heterocycles. The van der Waals surface area contributed by atoms with Gasteiger partial charge in [0.15, 0.2) is 22.7 Å². The fourth-order valence-corrected chi connectivity index (χ4v) is 23.3. The number of para-hydroxylation sites is 1. The van der Waals surface area contributed by atoms with Crippen LogP contribution in [0.15, 0.2) is 108 Å². The number of carbonyl (C=O) groups excluding carboxylic acids is 10. The van der Waals surface area contributed by atoms with Crippen molar-refractivity contribution in [3.63, 3.8) is 0 Å². The number of nitrogen functional groups attached to an aromatic ring is 1. The van der Waals surface area contributed by atoms with Crippen LogP contribution < -0.4 is 85.5 Å². The Bertz CT molecular complexity index is 6270. The Hall–Kier alpha value is -14.8. The van der Waals surface area contributed by atoms with E-state index in [1.807, 2.05) is 56.3 Å². The van der Waals surface area contributed by atoms with Crippen LogP contribution in [0.3, 0.4) is 0 Å². The number of aliphatic hydroxyl groups excluding tert-OH is 1. The summed E-state index contributed by atoms with van der Waals surface area (Å²) >= 11 is 0. The maximum atomic E-state index is 15.6. The predicted octanol–water partition coefficient (Wildman–Crippen LogP) is 0.288. The summed E-state index contributed by atoms with van der Waals surface area (Å²) in [5.41, 5.74) is 12.9. The molecule has 5 aliphatic heterocycles. The van der Waals surface area contributed by atoms with Gasteiger partial charge in [-0.05, 0) is 162 Å². The molecule has 800 valence electrons. The van der Waals surface area contributed by atoms with E-state index in [9.17, 15) is 108 Å². The number of hydrogen-bond acceptors (Lipinski definition) is 35. The van der Waals surface area contributed by atoms with Crippen LogP contribution in [-0.2, 0) is 102 Å². The van der Waals surface area contributed by atoms with Crippen molar-refractivity contribution in [2.75, 3.05) is 89.2 Å². The number of aliphatic carboxylic acids is 5. The van der Waals surface area contributed by atoms with E-state index < -0.39 is 246 Å². The van der Waals surface area contributed by atoms with Crippen molar-refractivity contribution in [3.05, 3.63) is 142 Å². The largest absolute Gasteiger partial charge is 0.496 e. The Morgan fingerprint density at radius 3 is 1.99 bits per heavy atom. The highest BCUT2D eigenvalue weighted by Crippen LogP contribution is 2.67. The number of nitrogens with two attached hydrogens (primary N) is 2. The van der Waals surface area contributed by atoms with Crippen molar-refractivity contribution in [1.82, 2.24) is 93.4 Å². The first-order chi connectivity index (χ1) is 71.0. The van der Waals surface area contributed by atoms with E-state index in [1.54, 1.807) is 30.3 Å². The molecule has 1 saturated carbocycles. The number of benzene rings is 4. The normalized spacial score (nSPS) is 22.6. The molecule has 2 bridgehead atoms. The van der Waals surface area contributed by atoms with Gasteiger partial charge >= 0.3 is 41.9 Å². The number of rotatable bonds is 48. The fraction of sp³-hybridized carbons (Fsp3) is 0.485. The molecule has 149 heavy (non-hydrogen) atoms. The van der Waals surface area contributed by atoms with Crippen LogP contribution in [0.4, 0.5) is 22.1 Å². The van der Waals surface area contributed by atoms with Gasteiger partial charge in [-0.3, -0.25) is 78.2 Å². The summed E-state index contributed by atoms with van der Waals surface area (Å²) < 4.78 is 17.9. The second-order valence-corrected chi connectivity index (χ2v) is 40.2. The number of likely N-dealkylation sites (N-methyl/N-ethyl adjacent to an activating group) is 1. The molecule has 1 aliphatic carbocycles. The second kappa shape index (κ2) is 48.4. The molecular formula is C97H123N23O27S2. The number of hydrogen-bond donors (Lipinski definition) is 26. The zero-order valence-electron chi connectivity index (χ0n) is 82.1. The SMILES string of the molecule is CC[C@]1(O)C[C@@H]2CN(CCc3c([nH]c4ccccc34)[C@@](C(=O)OC)(c3cc4c(cc3OC)NC3C45CCN4CC=C[C@](CC)(C45)[C@@H](O)[C@]3(O)C(=O)NNC(=O)OCc3ccc(SSC[C@H](NC(=O)[C@H](CC(=O)O)NC(=O)[C@H](CCCNC(=N)N)NC(=O)[C@H](CCCCNC(=O)[C@H](CC(=O)O)NC)NC(=O)[C@H](CC(=O)O)NC(=O)CC[C@H](NC(=O)c4ccc(NCc5cnc6nc(N)nc(O)c6n5)cc4)C(=O)O)C(=O)O)cc3)C2)C1. The van der Waals surface area contributed by atoms with Gasteiger partial charge in [-0.25, -0.2) is 29.8 Å². The Labute approximate surface area is 860 Å². The lowest BCUT2D eigenvalue weighted by Crippen LogP contribution is -2.81. The number of amides is 9. The standard InChI is InChI=1S/C97H123N23O27S2/c1-6-93(143)41-50-42-96(89(141)146-5,74-56(28-34-119(45-50)48-93)55-14-8-9-15-59(55)108-74)58-36-57-63(37-68(58)145-4)114-85-95(57)30-35-120-33-13-29-94(7-2,86(95)120)87(139)97(85,144)88(140)117-118-92(142)147-46-49-18-24-54(25-19-49)149-148-47-67(84(137)138)113-81(133)66(40-72(126)127)112-79(131)61(17-12-32-103-90(98)99)109-78(130)60(16-10-11-31-102-77(129)64(101-3)38-70(122)123)110-80(132)65(39-71(124)125)107-69(121)27-26-62(83(135)136)111-76(128)51-20-22-52(23-21-51)104-43-53-44-105-75-73(106-53)82(134)116-91(100)115-75/h8-9,13-15,18-25,29,36-37,44,50,60-62,64-67,85-87,101,104,108,114,139,143-144H,6-7,10-12,16-17,26-28,30-35,38-43,45-48H2,1-5H3,(H,102,129)(H,107,121)(H,109,130)(H,110,132)(H,111,128)(H,112,131)(H,113,133)(H,117,140)(H,118,142)(H,122,123)(H,124,125)(H,126,127)(H,135,136)(H,137,138)(H4,98,99,103)(H3,100,105,115,116,134)/t50-,60-,61-,62-,64-,65-,66-,67-,85?,86?,87+,93-,94+,95?,96-,97-/m0/s1. The number of aliphatic hydroxyl groups is 3. The average molecular weight is 2110 g/mol. The summed E-state index contributed by atoms with van der Waals surface area (Å²) in [5.74, 6) is -19.1. The van der Waals surface area contributed by atoms with E-state index >= 15 is 9.59 Å². The number of aromatic nitrogens is 5. The number of carboxylic acids is 5. The number of ether oxygens (including phenoxy) is 3. The van der Waals surface area contributed by atoms with Gasteiger partial charge in [0.25, 0.3) is 11.8 Å². The molecule has 50 nitrogen and oxygen atoms in total. The van der Waals surface area contributed by atoms with Crippen molar-refractivity contribution >= 4 is 156 Å². The van der Waals surface area contributed by atoms with E-state index in [-0.39, 0.29) is 86.1 Å². The average Bonchev–Trinajstić information content (AvgIpc) is 1.49. The van der Waals surface area contributed by atoms with Gasteiger partial charge in [-0.2, -0.15) is 9.97 Å². The number of piperidine rings is 1. The first-order valence-corrected chi connectivity index (χ1v) is 50.7. The van der Waals surface area contributed by atoms with Gasteiger partial charge < -0.3 is 135 Å². The molecule has 52 heteroatoms. The Morgan fingerprint density at radius 1 is 0.691 bits per heavy atom. The van der Waals surface area contributed by atoms with Gasteiger partial charge in [-0.1, -0.05) is 77.9 Å². The monoisotopic (exact) mass is 2110 g/mol. The smallest absolute Gasteiger partial charge is 0.426 e. The highest BCUT2D eigenvalue weighted by molar-refractivity contribution is 8.76. The minimum atomic E-state index is -2.73. The molecule has 0 radical (unpaired) electrons. The third kappa shape index (κ3) is 25.3. The summed E-state index contributed by atoms with van der Waals surface area (Å²) in [6.45, 7) is 5.78. The third-order valence-corrected chi connectivity index (χ3v) is 30.7. The van der Waals surface area contributed by atoms with Crippen molar-refractivity contribution in [3.8, 4) is 11.6 Å². The number of unbranched alkanes of at least 4 members (excludes halogenated alkanes) is 1. The van der Waals surface area contributed by atoms with Crippen LogP contribution >= 0.6 is 21.6 Å². The fourth-order valence-electron chi connectivity index (χ4n) is 21.2. The first kappa shape index (κ1) is 111. The third-order valence-electron chi connectivity index (χ3n) is 28.3. The number of anilines is 3. The molecule has 1 spiro atoms. The van der Waals surface area contributed by atoms with E-state index in [1.165, 1.54) is 51.7 Å². The van der Waals surface area contributed by atoms with E-state index in [4.69, 9.17) is 31.1 Å². The molecule has 28 N–H and O–H groups in total. The van der Waals surface area contributed by atoms with E-state index in [2.05, 4.69) is 104 Å². The lowest BCUT2D eigenvalue weighted by atomic mass is 9.47. The number of hydrazine groups is 1. The van der Waals surface area contributed by atoms with Crippen molar-refractivity contribution in [2.24, 2.45) is 17.1 Å². The number of H-pyrrole nitrogens is 1. The number of guanidine groups is 1. The molecule has 6 aliphatic rings. The summed E-state index contributed by atoms with van der Waals surface area (Å²) in [5, 5.41) is 136. The zero-order chi connectivity index (χ0) is 108. The quantitative estimate of drug-likeness (QED) is 0.00463. The van der Waals surface area contributed by atoms with Crippen LogP contribution in [0.2, 0.25) is 0 Å². The van der Waals surface area contributed by atoms with Crippen molar-refractivity contribution in [1.29, 1.82) is 5.41 Å². The molecule has 4 unspecified atom stereocenters. The number of methoxy groups -OCH3 is 2. The Balaban J connectivity index is 0.635. The Kier molecular flexibility index (Phi) is 36.2. The number of nitrogens with one attached hydrogen (secondary N) is 15. The molecule has 7 aromatic rings. The first-order valence-electron chi connectivity index (χ1n) is 48.4. The van der Waals surface area contributed by atoms with Gasteiger partial charge in [-0.15, -0.1) is 0 Å². The van der Waals surface area contributed by atoms with Crippen LogP contribution in [-0.4, -0.2) is 320 Å². The van der Waals surface area contributed by atoms with Crippen LogP contribution in [0.1, 0.15) is 154 Å². The lowest BCUT2D eigenvalue weighted by Gasteiger charge is -2.62. The molecule has 4 aromatic carbocycles. The van der Waals surface area contributed by atoms with Crippen LogP contribution in [0.25, 0.3) is 22.1 Å². The maximum Gasteiger partial charge on any atom is 0.426 e. The van der Waals surface area contributed by atoms with E-state index in [0.29, 0.717) is 103 Å². The second-order valence-electron chi connectivity index (χ2n) is 37.8. The van der Waals surface area contributed by atoms with Gasteiger partial charge in [0.05, 0.1) is 69.6 Å². The van der Waals surface area contributed by atoms with Gasteiger partial charge in [0.2, 0.25) is 47.3 Å². The number of aromatic hydroxyl groups is 1. The maximum absolute atomic E-state index is 15.6. The highest BCUT2D eigenvalue weighted by atomic mass is 33.1. The van der Waals surface area contributed by atoms with Crippen LogP contribution in [0.5, 0.6) is 11.6 Å². The minimum Gasteiger partial charge on any atom is -0.496 e. The number of carboxylic acid groups (broad SMARTS) is 5. The van der Waals surface area contributed by atoms with Crippen LogP contribution in [0, 0.1) is 16.7 Å². The molecule has 9 amide bonds. The topological polar surface area (TPSA) is 772 Å². The van der Waals surface area contributed by atoms with Crippen molar-refractivity contribution in [2.45, 2.75) is 217 Å². The minimum absolute atomic E-state index is 0.00696. The number of esters is 1. The van der Waals surface area contributed by atoms with Gasteiger partial charge in [0, 0.05) is 118 Å². The van der Waals surface area contributed by atoms with Crippen molar-refractivity contribution < 1.29 is 132 Å². The van der Waals surface area contributed by atoms with E-state index in [0.717, 1.165) is 38.1 Å². The summed E-state index contributed by atoms with van der Waals surface area (Å²) in [4.78, 5) is 229. The molecule has 8 heterocycles. The summed E-state index contributed by atoms with van der Waals surface area (Å²) in [6.07, 6.45) is -1.03. The molecule has 13 rings (SSSR count). The summed E-state index contributed by atoms with van der Waals surface area (Å²) in [6, 6.07) is 9.23. The number of carbonyl (C=O) groups is 15. The number of fused-ring (bicyclic) bond motifs is 7. The number of aromatic amines is 1. The number of nitrogens with zero attached hydrogens (tertiary/aromatic N) is 6. The lowest BCUT2D eigenvalue weighted by molar-refractivity contribution is -0.201. The molecule has 2 saturated heterocycles.